The highest BCUT2D eigenvalue weighted by Gasteiger charge is 2.18. The average molecular weight is 215 g/mol. The van der Waals surface area contributed by atoms with Gasteiger partial charge in [-0.05, 0) is 24.7 Å². The molecule has 0 aliphatic rings. The van der Waals surface area contributed by atoms with Crippen LogP contribution < -0.4 is 5.48 Å². The zero-order valence-corrected chi connectivity index (χ0v) is 10.4. The van der Waals surface area contributed by atoms with Crippen molar-refractivity contribution >= 4 is 5.91 Å². The van der Waals surface area contributed by atoms with Crippen molar-refractivity contribution in [3.05, 3.63) is 0 Å². The van der Waals surface area contributed by atoms with Crippen molar-refractivity contribution in [3.63, 3.8) is 0 Å². The van der Waals surface area contributed by atoms with E-state index in [1.165, 1.54) is 0 Å². The Morgan fingerprint density at radius 1 is 1.00 bits per heavy atom. The number of nitrogens with one attached hydrogen (secondary N) is 1. The van der Waals surface area contributed by atoms with Crippen LogP contribution >= 0.6 is 0 Å². The van der Waals surface area contributed by atoms with E-state index >= 15 is 0 Å². The maximum atomic E-state index is 11.4. The van der Waals surface area contributed by atoms with E-state index < -0.39 is 0 Å². The Bertz CT molecular complexity index is 166. The molecule has 0 atom stereocenters. The number of hydroxylamine groups is 1. The minimum Gasteiger partial charge on any atom is -0.289 e. The summed E-state index contributed by atoms with van der Waals surface area (Å²) >= 11 is 0. The molecule has 1 amide bonds. The standard InChI is InChI=1S/C12H25NO2/c1-9(2)5-7-11(12(14)13-15)8-6-10(3)4/h9-11,15H,5-8H2,1-4H3,(H,13,14). The third kappa shape index (κ3) is 7.37. The van der Waals surface area contributed by atoms with Crippen LogP contribution in [0.25, 0.3) is 0 Å². The van der Waals surface area contributed by atoms with E-state index in [-0.39, 0.29) is 11.8 Å². The van der Waals surface area contributed by atoms with E-state index in [1.54, 1.807) is 5.48 Å². The van der Waals surface area contributed by atoms with Crippen LogP contribution in [0.15, 0.2) is 0 Å². The van der Waals surface area contributed by atoms with Gasteiger partial charge in [0, 0.05) is 5.92 Å². The maximum Gasteiger partial charge on any atom is 0.246 e. The second-order valence-corrected chi connectivity index (χ2v) is 5.12. The lowest BCUT2D eigenvalue weighted by Gasteiger charge is -2.16. The molecular weight excluding hydrogens is 190 g/mol. The van der Waals surface area contributed by atoms with E-state index in [9.17, 15) is 4.79 Å². The second kappa shape index (κ2) is 7.69. The summed E-state index contributed by atoms with van der Waals surface area (Å²) in [6.07, 6.45) is 3.82. The highest BCUT2D eigenvalue weighted by atomic mass is 16.5. The zero-order chi connectivity index (χ0) is 11.8. The highest BCUT2D eigenvalue weighted by Crippen LogP contribution is 2.19. The first-order chi connectivity index (χ1) is 6.97. The van der Waals surface area contributed by atoms with Gasteiger partial charge in [0.2, 0.25) is 5.91 Å². The van der Waals surface area contributed by atoms with Crippen LogP contribution in [-0.2, 0) is 4.79 Å². The molecule has 0 unspecified atom stereocenters. The Balaban J connectivity index is 4.01. The average Bonchev–Trinajstić information content (AvgIpc) is 2.16. The van der Waals surface area contributed by atoms with Gasteiger partial charge in [-0.1, -0.05) is 40.5 Å². The molecular formula is C12H25NO2. The SMILES string of the molecule is CC(C)CCC(CCC(C)C)C(=O)NO. The van der Waals surface area contributed by atoms with Gasteiger partial charge in [0.25, 0.3) is 0 Å². The summed E-state index contributed by atoms with van der Waals surface area (Å²) in [7, 11) is 0. The van der Waals surface area contributed by atoms with Crippen molar-refractivity contribution in [1.29, 1.82) is 0 Å². The molecule has 0 saturated carbocycles. The first-order valence-corrected chi connectivity index (χ1v) is 5.91. The van der Waals surface area contributed by atoms with Crippen LogP contribution in [-0.4, -0.2) is 11.1 Å². The molecule has 90 valence electrons. The molecule has 0 aromatic rings. The molecule has 0 aromatic carbocycles. The Morgan fingerprint density at radius 2 is 1.40 bits per heavy atom. The van der Waals surface area contributed by atoms with Gasteiger partial charge in [0.1, 0.15) is 0 Å². The summed E-state index contributed by atoms with van der Waals surface area (Å²) in [4.78, 5) is 11.4. The van der Waals surface area contributed by atoms with Gasteiger partial charge in [0.15, 0.2) is 0 Å². The van der Waals surface area contributed by atoms with Crippen LogP contribution in [0.3, 0.4) is 0 Å². The van der Waals surface area contributed by atoms with Crippen LogP contribution in [0.2, 0.25) is 0 Å². The quantitative estimate of drug-likeness (QED) is 0.506. The summed E-state index contributed by atoms with van der Waals surface area (Å²) in [5.74, 6) is 0.965. The Hall–Kier alpha value is -0.570. The Labute approximate surface area is 93.2 Å². The molecule has 3 nitrogen and oxygen atoms in total. The fraction of sp³-hybridized carbons (Fsp3) is 0.917. The van der Waals surface area contributed by atoms with E-state index in [2.05, 4.69) is 27.7 Å². The zero-order valence-electron chi connectivity index (χ0n) is 10.4. The smallest absolute Gasteiger partial charge is 0.246 e. The number of carbonyl (C=O) groups excluding carboxylic acids is 1. The van der Waals surface area contributed by atoms with Gasteiger partial charge in [-0.2, -0.15) is 0 Å². The lowest BCUT2D eigenvalue weighted by atomic mass is 9.91. The first kappa shape index (κ1) is 14.4. The van der Waals surface area contributed by atoms with E-state index in [1.807, 2.05) is 0 Å². The number of rotatable bonds is 7. The molecule has 0 aliphatic carbocycles. The molecule has 0 bridgehead atoms. The summed E-state index contributed by atoms with van der Waals surface area (Å²) in [6, 6.07) is 0. The van der Waals surface area contributed by atoms with Crippen molar-refractivity contribution in [1.82, 2.24) is 5.48 Å². The van der Waals surface area contributed by atoms with Gasteiger partial charge in [-0.3, -0.25) is 10.0 Å². The molecule has 0 fully saturated rings. The molecule has 0 radical (unpaired) electrons. The lowest BCUT2D eigenvalue weighted by Crippen LogP contribution is -2.28. The lowest BCUT2D eigenvalue weighted by molar-refractivity contribution is -0.134. The van der Waals surface area contributed by atoms with Gasteiger partial charge in [-0.15, -0.1) is 0 Å². The summed E-state index contributed by atoms with van der Waals surface area (Å²) < 4.78 is 0. The van der Waals surface area contributed by atoms with Gasteiger partial charge in [-0.25, -0.2) is 5.48 Å². The highest BCUT2D eigenvalue weighted by molar-refractivity contribution is 5.77. The minimum absolute atomic E-state index is 0.0280. The second-order valence-electron chi connectivity index (χ2n) is 5.12. The molecule has 0 saturated heterocycles. The van der Waals surface area contributed by atoms with Crippen molar-refractivity contribution in [3.8, 4) is 0 Å². The summed E-state index contributed by atoms with van der Waals surface area (Å²) in [5.41, 5.74) is 1.77. The van der Waals surface area contributed by atoms with Crippen molar-refractivity contribution in [2.75, 3.05) is 0 Å². The molecule has 0 spiro atoms. The topological polar surface area (TPSA) is 49.3 Å². The number of carbonyl (C=O) groups is 1. The first-order valence-electron chi connectivity index (χ1n) is 5.91. The molecule has 15 heavy (non-hydrogen) atoms. The van der Waals surface area contributed by atoms with Crippen LogP contribution in [0.5, 0.6) is 0 Å². The molecule has 0 aromatic heterocycles. The monoisotopic (exact) mass is 215 g/mol. The van der Waals surface area contributed by atoms with E-state index in [0.29, 0.717) is 11.8 Å². The number of hydrogen-bond donors (Lipinski definition) is 2. The van der Waals surface area contributed by atoms with Crippen LogP contribution in [0.4, 0.5) is 0 Å². The summed E-state index contributed by atoms with van der Waals surface area (Å²) in [6.45, 7) is 8.60. The minimum atomic E-state index is -0.226. The fourth-order valence-corrected chi connectivity index (χ4v) is 1.57. The van der Waals surface area contributed by atoms with Crippen molar-refractivity contribution in [2.45, 2.75) is 53.4 Å². The predicted molar refractivity (Wildman–Crippen MR) is 61.6 cm³/mol. The van der Waals surface area contributed by atoms with Crippen molar-refractivity contribution < 1.29 is 10.0 Å². The number of amides is 1. The molecule has 3 heteroatoms. The largest absolute Gasteiger partial charge is 0.289 e. The van der Waals surface area contributed by atoms with E-state index in [4.69, 9.17) is 5.21 Å². The van der Waals surface area contributed by atoms with Crippen molar-refractivity contribution in [2.24, 2.45) is 17.8 Å². The van der Waals surface area contributed by atoms with E-state index in [0.717, 1.165) is 25.7 Å². The predicted octanol–water partition coefficient (Wildman–Crippen LogP) is 2.98. The molecule has 0 heterocycles. The Morgan fingerprint density at radius 3 is 1.67 bits per heavy atom. The molecule has 0 rings (SSSR count). The third-order valence-corrected chi connectivity index (χ3v) is 2.67. The van der Waals surface area contributed by atoms with Gasteiger partial charge < -0.3 is 0 Å². The molecule has 0 aliphatic heterocycles. The summed E-state index contributed by atoms with van der Waals surface area (Å²) in [5, 5.41) is 8.64. The van der Waals surface area contributed by atoms with Crippen LogP contribution in [0, 0.1) is 17.8 Å². The van der Waals surface area contributed by atoms with Crippen LogP contribution in [0.1, 0.15) is 53.4 Å². The number of hydrogen-bond acceptors (Lipinski definition) is 2. The van der Waals surface area contributed by atoms with Gasteiger partial charge in [0.05, 0.1) is 0 Å². The normalized spacial score (nSPS) is 11.5. The molecule has 2 N–H and O–H groups in total. The maximum absolute atomic E-state index is 11.4. The van der Waals surface area contributed by atoms with Gasteiger partial charge >= 0.3 is 0 Å². The Kier molecular flexibility index (Phi) is 7.39. The third-order valence-electron chi connectivity index (χ3n) is 2.67. The fourth-order valence-electron chi connectivity index (χ4n) is 1.57.